The number of hydrogen-bond acceptors (Lipinski definition) is 6. The zero-order valence-electron chi connectivity index (χ0n) is 19.4. The topological polar surface area (TPSA) is 126 Å². The molecule has 5 aromatic rings. The Kier molecular flexibility index (Phi) is 5.53. The summed E-state index contributed by atoms with van der Waals surface area (Å²) in [6, 6.07) is 18.0. The molecule has 9 heteroatoms. The van der Waals surface area contributed by atoms with Crippen LogP contribution in [-0.4, -0.2) is 30.6 Å². The molecule has 1 amide bonds. The molecule has 6 rings (SSSR count). The highest BCUT2D eigenvalue weighted by Gasteiger charge is 2.29. The number of nitrogen functional groups attached to an aromatic ring is 1. The van der Waals surface area contributed by atoms with E-state index in [1.54, 1.807) is 0 Å². The number of anilines is 1. The maximum Gasteiger partial charge on any atom is 0.220 e. The number of benzene rings is 2. The molecule has 8 nitrogen and oxygen atoms in total. The Labute approximate surface area is 212 Å². The molecule has 0 unspecified atom stereocenters. The minimum absolute atomic E-state index is 0.0770. The van der Waals surface area contributed by atoms with Crippen LogP contribution in [0.1, 0.15) is 31.7 Å². The number of rotatable bonds is 4. The van der Waals surface area contributed by atoms with E-state index in [0.717, 1.165) is 53.4 Å². The molecule has 2 aromatic carbocycles. The molecular weight excluding hydrogens is 474 g/mol. The van der Waals surface area contributed by atoms with Crippen molar-refractivity contribution < 1.29 is 4.79 Å². The molecule has 1 saturated carbocycles. The Morgan fingerprint density at radius 3 is 2.53 bits per heavy atom. The monoisotopic (exact) mass is 497 g/mol. The number of hydrogen-bond donors (Lipinski definition) is 2. The van der Waals surface area contributed by atoms with Gasteiger partial charge in [-0.15, -0.1) is 0 Å². The number of carbonyl (C=O) groups excluding carboxylic acids is 1. The van der Waals surface area contributed by atoms with Crippen LogP contribution in [0, 0.1) is 5.92 Å². The van der Waals surface area contributed by atoms with Crippen molar-refractivity contribution in [2.75, 3.05) is 5.73 Å². The molecule has 1 aliphatic carbocycles. The first-order valence-electron chi connectivity index (χ1n) is 11.9. The normalized spacial score (nSPS) is 18.0. The zero-order chi connectivity index (χ0) is 24.8. The van der Waals surface area contributed by atoms with Gasteiger partial charge in [0.2, 0.25) is 5.91 Å². The first-order valence-corrected chi connectivity index (χ1v) is 12.3. The quantitative estimate of drug-likeness (QED) is 0.353. The maximum absolute atomic E-state index is 11.6. The van der Waals surface area contributed by atoms with E-state index in [0.29, 0.717) is 27.6 Å². The fourth-order valence-electron chi connectivity index (χ4n) is 5.14. The van der Waals surface area contributed by atoms with E-state index in [2.05, 4.69) is 9.97 Å². The van der Waals surface area contributed by atoms with Gasteiger partial charge in [0.25, 0.3) is 0 Å². The van der Waals surface area contributed by atoms with E-state index in [-0.39, 0.29) is 17.9 Å². The molecule has 3 aromatic heterocycles. The van der Waals surface area contributed by atoms with Crippen LogP contribution in [0.5, 0.6) is 0 Å². The lowest BCUT2D eigenvalue weighted by Gasteiger charge is -2.27. The summed E-state index contributed by atoms with van der Waals surface area (Å²) in [6.07, 6.45) is 4.45. The summed E-state index contributed by atoms with van der Waals surface area (Å²) in [4.78, 5) is 25.3. The van der Waals surface area contributed by atoms with Crippen molar-refractivity contribution in [1.82, 2.24) is 24.7 Å². The van der Waals surface area contributed by atoms with Gasteiger partial charge < -0.3 is 11.5 Å². The second-order valence-electron chi connectivity index (χ2n) is 9.25. The van der Waals surface area contributed by atoms with Crippen LogP contribution in [0.15, 0.2) is 60.9 Å². The molecule has 180 valence electrons. The van der Waals surface area contributed by atoms with Gasteiger partial charge >= 0.3 is 0 Å². The summed E-state index contributed by atoms with van der Waals surface area (Å²) in [5, 5.41) is 7.11. The second kappa shape index (κ2) is 8.87. The van der Waals surface area contributed by atoms with Crippen LogP contribution in [0.25, 0.3) is 44.5 Å². The molecule has 0 radical (unpaired) electrons. The number of fused-ring (bicyclic) bond motifs is 2. The van der Waals surface area contributed by atoms with E-state index >= 15 is 0 Å². The minimum atomic E-state index is -0.239. The lowest BCUT2D eigenvalue weighted by Crippen LogP contribution is -2.28. The van der Waals surface area contributed by atoms with Gasteiger partial charge in [-0.05, 0) is 43.9 Å². The summed E-state index contributed by atoms with van der Waals surface area (Å²) < 4.78 is 1.91. The molecule has 3 heterocycles. The van der Waals surface area contributed by atoms with Crippen LogP contribution < -0.4 is 11.5 Å². The van der Waals surface area contributed by atoms with Gasteiger partial charge in [0.15, 0.2) is 5.65 Å². The van der Waals surface area contributed by atoms with Gasteiger partial charge in [-0.2, -0.15) is 5.10 Å². The molecule has 0 bridgehead atoms. The fourth-order valence-corrected chi connectivity index (χ4v) is 5.40. The van der Waals surface area contributed by atoms with Gasteiger partial charge in [0, 0.05) is 22.4 Å². The molecule has 0 atom stereocenters. The van der Waals surface area contributed by atoms with Gasteiger partial charge in [-0.3, -0.25) is 4.79 Å². The molecule has 0 spiro atoms. The molecule has 4 N–H and O–H groups in total. The highest BCUT2D eigenvalue weighted by atomic mass is 35.5. The molecule has 36 heavy (non-hydrogen) atoms. The zero-order valence-corrected chi connectivity index (χ0v) is 20.2. The average Bonchev–Trinajstić information content (AvgIpc) is 3.29. The summed E-state index contributed by atoms with van der Waals surface area (Å²) in [5.41, 5.74) is 16.6. The van der Waals surface area contributed by atoms with Crippen molar-refractivity contribution in [1.29, 1.82) is 0 Å². The van der Waals surface area contributed by atoms with E-state index < -0.39 is 0 Å². The summed E-state index contributed by atoms with van der Waals surface area (Å²) >= 11 is 6.79. The third kappa shape index (κ3) is 3.83. The van der Waals surface area contributed by atoms with Gasteiger partial charge in [-0.25, -0.2) is 19.6 Å². The molecule has 0 aliphatic heterocycles. The number of aromatic nitrogens is 5. The third-order valence-corrected chi connectivity index (χ3v) is 7.38. The number of primary amides is 1. The van der Waals surface area contributed by atoms with Crippen LogP contribution in [0.3, 0.4) is 0 Å². The SMILES string of the molecule is NC(=O)C1CCC(n2nc(-c3cc4nc(-c5ccccc5)ccc4cc3Cl)c3c(N)ncnc32)CC1. The van der Waals surface area contributed by atoms with Gasteiger partial charge in [-0.1, -0.05) is 48.0 Å². The first-order chi connectivity index (χ1) is 17.5. The lowest BCUT2D eigenvalue weighted by atomic mass is 9.86. The van der Waals surface area contributed by atoms with Gasteiger partial charge in [0.05, 0.1) is 27.7 Å². The van der Waals surface area contributed by atoms with E-state index in [1.165, 1.54) is 6.33 Å². The number of amides is 1. The summed E-state index contributed by atoms with van der Waals surface area (Å²) in [6.45, 7) is 0. The van der Waals surface area contributed by atoms with Crippen molar-refractivity contribution >= 4 is 45.3 Å². The fraction of sp³-hybridized carbons (Fsp3) is 0.222. The predicted octanol–water partition coefficient (Wildman–Crippen LogP) is 5.16. The van der Waals surface area contributed by atoms with Crippen molar-refractivity contribution in [3.05, 3.63) is 65.9 Å². The maximum atomic E-state index is 11.6. The molecule has 0 saturated heterocycles. The van der Waals surface area contributed by atoms with Gasteiger partial charge in [0.1, 0.15) is 17.8 Å². The Balaban J connectivity index is 1.48. The number of halogens is 1. The molecule has 1 fully saturated rings. The van der Waals surface area contributed by atoms with Crippen molar-refractivity contribution in [2.24, 2.45) is 11.7 Å². The van der Waals surface area contributed by atoms with Crippen LogP contribution in [0.4, 0.5) is 5.82 Å². The Morgan fingerprint density at radius 1 is 1.00 bits per heavy atom. The van der Waals surface area contributed by atoms with Crippen LogP contribution >= 0.6 is 11.6 Å². The van der Waals surface area contributed by atoms with E-state index in [1.807, 2.05) is 59.3 Å². The minimum Gasteiger partial charge on any atom is -0.383 e. The highest BCUT2D eigenvalue weighted by molar-refractivity contribution is 6.34. The molecule has 1 aliphatic rings. The highest BCUT2D eigenvalue weighted by Crippen LogP contribution is 2.40. The molecular formula is C27H24ClN7O. The Morgan fingerprint density at radius 2 is 1.78 bits per heavy atom. The lowest BCUT2D eigenvalue weighted by molar-refractivity contribution is -0.122. The summed E-state index contributed by atoms with van der Waals surface area (Å²) in [7, 11) is 0. The first kappa shape index (κ1) is 22.4. The largest absolute Gasteiger partial charge is 0.383 e. The predicted molar refractivity (Wildman–Crippen MR) is 141 cm³/mol. The van der Waals surface area contributed by atoms with E-state index in [4.69, 9.17) is 33.2 Å². The summed E-state index contributed by atoms with van der Waals surface area (Å²) in [5.74, 6) is 0.00707. The Hall–Kier alpha value is -4.04. The number of carbonyl (C=O) groups is 1. The van der Waals surface area contributed by atoms with E-state index in [9.17, 15) is 4.79 Å². The number of nitrogens with zero attached hydrogens (tertiary/aromatic N) is 5. The standard InChI is InChI=1S/C27H24ClN7O/c28-20-12-17-8-11-21(15-4-2-1-3-5-15)33-22(17)13-19(20)24-23-25(29)31-14-32-27(23)35(34-24)18-9-6-16(7-10-18)26(30)36/h1-5,8,11-14,16,18H,6-7,9-10H2,(H2,30,36)(H2,29,31,32). The van der Waals surface area contributed by atoms with Crippen molar-refractivity contribution in [3.8, 4) is 22.5 Å². The van der Waals surface area contributed by atoms with Crippen LogP contribution in [-0.2, 0) is 4.79 Å². The average molecular weight is 498 g/mol. The van der Waals surface area contributed by atoms with Crippen molar-refractivity contribution in [3.63, 3.8) is 0 Å². The van der Waals surface area contributed by atoms with Crippen LogP contribution in [0.2, 0.25) is 5.02 Å². The second-order valence-corrected chi connectivity index (χ2v) is 9.65. The third-order valence-electron chi connectivity index (χ3n) is 7.07. The number of pyridine rings is 1. The number of nitrogens with two attached hydrogens (primary N) is 2. The van der Waals surface area contributed by atoms with Crippen molar-refractivity contribution in [2.45, 2.75) is 31.7 Å². The Bertz CT molecular complexity index is 1610. The smallest absolute Gasteiger partial charge is 0.220 e.